The van der Waals surface area contributed by atoms with Gasteiger partial charge in [-0.1, -0.05) is 19.0 Å². The Morgan fingerprint density at radius 1 is 1.31 bits per heavy atom. The smallest absolute Gasteiger partial charge is 0.143 e. The lowest BCUT2D eigenvalue weighted by molar-refractivity contribution is 0.127. The largest absolute Gasteiger partial charge is 0.409 e. The monoisotopic (exact) mass is 228 g/mol. The van der Waals surface area contributed by atoms with Crippen LogP contribution in [-0.4, -0.2) is 60.1 Å². The van der Waals surface area contributed by atoms with Gasteiger partial charge in [-0.3, -0.25) is 0 Å². The summed E-state index contributed by atoms with van der Waals surface area (Å²) >= 11 is 0. The van der Waals surface area contributed by atoms with Gasteiger partial charge in [-0.05, 0) is 13.0 Å². The van der Waals surface area contributed by atoms with Crippen molar-refractivity contribution in [2.24, 2.45) is 16.8 Å². The van der Waals surface area contributed by atoms with E-state index < -0.39 is 0 Å². The Balaban J connectivity index is 2.26. The van der Waals surface area contributed by atoms with Crippen LogP contribution in [0.2, 0.25) is 0 Å². The van der Waals surface area contributed by atoms with Gasteiger partial charge in [0.2, 0.25) is 0 Å². The summed E-state index contributed by atoms with van der Waals surface area (Å²) in [6.07, 6.45) is 1.22. The zero-order chi connectivity index (χ0) is 12.0. The first kappa shape index (κ1) is 13.3. The van der Waals surface area contributed by atoms with Crippen molar-refractivity contribution in [1.82, 2.24) is 9.80 Å². The van der Waals surface area contributed by atoms with E-state index in [1.165, 1.54) is 13.0 Å². The lowest BCUT2D eigenvalue weighted by Crippen LogP contribution is -2.48. The van der Waals surface area contributed by atoms with Crippen molar-refractivity contribution in [2.45, 2.75) is 20.3 Å². The van der Waals surface area contributed by atoms with Gasteiger partial charge in [0.05, 0.1) is 0 Å². The number of nitrogens with zero attached hydrogens (tertiary/aromatic N) is 3. The quantitative estimate of drug-likeness (QED) is 0.309. The molecule has 1 atom stereocenters. The molecule has 1 saturated heterocycles. The van der Waals surface area contributed by atoms with Gasteiger partial charge in [0, 0.05) is 38.6 Å². The molecule has 1 aliphatic heterocycles. The number of amidine groups is 1. The molecule has 5 nitrogen and oxygen atoms in total. The summed E-state index contributed by atoms with van der Waals surface area (Å²) in [4.78, 5) is 4.87. The van der Waals surface area contributed by atoms with Crippen molar-refractivity contribution in [3.05, 3.63) is 0 Å². The highest BCUT2D eigenvalue weighted by molar-refractivity contribution is 5.82. The highest BCUT2D eigenvalue weighted by Crippen LogP contribution is 2.06. The third-order valence-electron chi connectivity index (χ3n) is 3.16. The first-order chi connectivity index (χ1) is 7.67. The minimum Gasteiger partial charge on any atom is -0.409 e. The number of hydrogen-bond acceptors (Lipinski definition) is 4. The molecule has 0 aromatic carbocycles. The van der Waals surface area contributed by atoms with Gasteiger partial charge >= 0.3 is 0 Å². The third kappa shape index (κ3) is 3.98. The van der Waals surface area contributed by atoms with Crippen molar-refractivity contribution in [3.63, 3.8) is 0 Å². The van der Waals surface area contributed by atoms with E-state index in [0.717, 1.165) is 32.7 Å². The second-order valence-electron chi connectivity index (χ2n) is 4.57. The van der Waals surface area contributed by atoms with Crippen LogP contribution < -0.4 is 5.73 Å². The van der Waals surface area contributed by atoms with Crippen LogP contribution in [-0.2, 0) is 0 Å². The van der Waals surface area contributed by atoms with Gasteiger partial charge in [0.25, 0.3) is 0 Å². The van der Waals surface area contributed by atoms with E-state index in [1.54, 1.807) is 0 Å². The second kappa shape index (κ2) is 6.70. The van der Waals surface area contributed by atoms with E-state index in [9.17, 15) is 0 Å². The Morgan fingerprint density at radius 3 is 2.38 bits per heavy atom. The van der Waals surface area contributed by atoms with Gasteiger partial charge in [-0.2, -0.15) is 0 Å². The van der Waals surface area contributed by atoms with E-state index in [-0.39, 0.29) is 5.92 Å². The SMILES string of the molecule is CCCN1CCN(CC(C)/C(N)=N/O)CC1. The molecule has 0 aromatic rings. The summed E-state index contributed by atoms with van der Waals surface area (Å²) in [7, 11) is 0. The minimum atomic E-state index is 0.128. The van der Waals surface area contributed by atoms with Crippen molar-refractivity contribution in [3.8, 4) is 0 Å². The Kier molecular flexibility index (Phi) is 5.55. The first-order valence-corrected chi connectivity index (χ1v) is 6.09. The molecule has 1 rings (SSSR count). The summed E-state index contributed by atoms with van der Waals surface area (Å²) in [5, 5.41) is 11.6. The number of hydrogen-bond donors (Lipinski definition) is 2. The number of piperazine rings is 1. The van der Waals surface area contributed by atoms with E-state index in [4.69, 9.17) is 10.9 Å². The normalized spacial score (nSPS) is 22.2. The van der Waals surface area contributed by atoms with Crippen LogP contribution in [0.5, 0.6) is 0 Å². The molecule has 3 N–H and O–H groups in total. The summed E-state index contributed by atoms with van der Waals surface area (Å²) < 4.78 is 0. The second-order valence-corrected chi connectivity index (χ2v) is 4.57. The topological polar surface area (TPSA) is 65.1 Å². The van der Waals surface area contributed by atoms with E-state index >= 15 is 0 Å². The molecule has 0 aliphatic carbocycles. The van der Waals surface area contributed by atoms with Crippen molar-refractivity contribution < 1.29 is 5.21 Å². The lowest BCUT2D eigenvalue weighted by Gasteiger charge is -2.35. The molecule has 0 spiro atoms. The molecule has 0 bridgehead atoms. The predicted molar refractivity (Wildman–Crippen MR) is 65.7 cm³/mol. The van der Waals surface area contributed by atoms with Crippen LogP contribution in [0.1, 0.15) is 20.3 Å². The molecule has 0 aromatic heterocycles. The molecular weight excluding hydrogens is 204 g/mol. The van der Waals surface area contributed by atoms with E-state index in [1.807, 2.05) is 6.92 Å². The van der Waals surface area contributed by atoms with E-state index in [2.05, 4.69) is 21.9 Å². The van der Waals surface area contributed by atoms with Gasteiger partial charge in [0.1, 0.15) is 5.84 Å². The molecule has 1 aliphatic rings. The molecule has 1 heterocycles. The molecular formula is C11H24N4O. The average molecular weight is 228 g/mol. The van der Waals surface area contributed by atoms with Crippen LogP contribution in [0.15, 0.2) is 5.16 Å². The Labute approximate surface area is 97.9 Å². The highest BCUT2D eigenvalue weighted by Gasteiger charge is 2.19. The van der Waals surface area contributed by atoms with Crippen LogP contribution in [0.25, 0.3) is 0 Å². The fourth-order valence-corrected chi connectivity index (χ4v) is 2.09. The fourth-order valence-electron chi connectivity index (χ4n) is 2.09. The highest BCUT2D eigenvalue weighted by atomic mass is 16.4. The maximum Gasteiger partial charge on any atom is 0.143 e. The van der Waals surface area contributed by atoms with Crippen LogP contribution >= 0.6 is 0 Å². The van der Waals surface area contributed by atoms with Gasteiger partial charge in [-0.25, -0.2) is 0 Å². The van der Waals surface area contributed by atoms with Crippen molar-refractivity contribution in [2.75, 3.05) is 39.3 Å². The Morgan fingerprint density at radius 2 is 1.88 bits per heavy atom. The zero-order valence-corrected chi connectivity index (χ0v) is 10.4. The van der Waals surface area contributed by atoms with Crippen molar-refractivity contribution in [1.29, 1.82) is 0 Å². The Bertz CT molecular complexity index is 224. The Hall–Kier alpha value is -0.810. The maximum atomic E-state index is 8.58. The standard InChI is InChI=1S/C11H24N4O/c1-3-4-14-5-7-15(8-6-14)9-10(2)11(12)13-16/h10,16H,3-9H2,1-2H3,(H2,12,13). The molecule has 5 heteroatoms. The van der Waals surface area contributed by atoms with Gasteiger partial charge in [-0.15, -0.1) is 0 Å². The fraction of sp³-hybridized carbons (Fsp3) is 0.909. The molecule has 0 radical (unpaired) electrons. The van der Waals surface area contributed by atoms with Crippen LogP contribution in [0.4, 0.5) is 0 Å². The zero-order valence-electron chi connectivity index (χ0n) is 10.4. The van der Waals surface area contributed by atoms with Gasteiger partial charge < -0.3 is 20.7 Å². The minimum absolute atomic E-state index is 0.128. The number of nitrogens with two attached hydrogens (primary N) is 1. The predicted octanol–water partition coefficient (Wildman–Crippen LogP) is 0.397. The van der Waals surface area contributed by atoms with E-state index in [0.29, 0.717) is 5.84 Å². The summed E-state index contributed by atoms with van der Waals surface area (Å²) in [6, 6.07) is 0. The molecule has 1 unspecified atom stereocenters. The first-order valence-electron chi connectivity index (χ1n) is 6.09. The number of oxime groups is 1. The van der Waals surface area contributed by atoms with Crippen LogP contribution in [0, 0.1) is 5.92 Å². The summed E-state index contributed by atoms with van der Waals surface area (Å²) in [5.41, 5.74) is 5.57. The molecule has 1 fully saturated rings. The third-order valence-corrected chi connectivity index (χ3v) is 3.16. The van der Waals surface area contributed by atoms with Gasteiger partial charge in [0.15, 0.2) is 0 Å². The molecule has 94 valence electrons. The summed E-state index contributed by atoms with van der Waals surface area (Å²) in [6.45, 7) is 10.7. The molecule has 0 amide bonds. The van der Waals surface area contributed by atoms with Crippen LogP contribution in [0.3, 0.4) is 0 Å². The maximum absolute atomic E-state index is 8.58. The van der Waals surface area contributed by atoms with Crippen molar-refractivity contribution >= 4 is 5.84 Å². The number of rotatable bonds is 5. The average Bonchev–Trinajstić information content (AvgIpc) is 2.31. The molecule has 16 heavy (non-hydrogen) atoms. The lowest BCUT2D eigenvalue weighted by atomic mass is 10.1. The molecule has 0 saturated carbocycles. The summed E-state index contributed by atoms with van der Waals surface area (Å²) in [5.74, 6) is 0.457.